The van der Waals surface area contributed by atoms with E-state index in [1.807, 2.05) is 25.1 Å². The molecule has 168 valence electrons. The minimum absolute atomic E-state index is 0.0672. The number of aryl methyl sites for hydroxylation is 1. The third-order valence-electron chi connectivity index (χ3n) is 5.22. The van der Waals surface area contributed by atoms with Crippen molar-refractivity contribution in [1.82, 2.24) is 15.2 Å². The molecule has 1 aliphatic heterocycles. The maximum atomic E-state index is 13.3. The maximum Gasteiger partial charge on any atom is 0.355 e. The number of nitrogens with one attached hydrogen (secondary N) is 2. The van der Waals surface area contributed by atoms with Gasteiger partial charge in [0.15, 0.2) is 10.8 Å². The lowest BCUT2D eigenvalue weighted by Crippen LogP contribution is -2.49. The van der Waals surface area contributed by atoms with Crippen LogP contribution in [-0.2, 0) is 16.0 Å². The second kappa shape index (κ2) is 9.21. The summed E-state index contributed by atoms with van der Waals surface area (Å²) < 4.78 is 0. The summed E-state index contributed by atoms with van der Waals surface area (Å²) in [5, 5.41) is 15.6. The first kappa shape index (κ1) is 22.2. The van der Waals surface area contributed by atoms with E-state index in [4.69, 9.17) is 5.11 Å². The van der Waals surface area contributed by atoms with Crippen LogP contribution >= 0.6 is 11.3 Å². The zero-order chi connectivity index (χ0) is 23.5. The van der Waals surface area contributed by atoms with Gasteiger partial charge in [-0.2, -0.15) is 0 Å². The van der Waals surface area contributed by atoms with Crippen molar-refractivity contribution in [3.05, 3.63) is 82.4 Å². The molecule has 0 radical (unpaired) electrons. The summed E-state index contributed by atoms with van der Waals surface area (Å²) in [6, 6.07) is 13.5. The number of urea groups is 1. The Morgan fingerprint density at radius 1 is 1.15 bits per heavy atom. The molecule has 10 heteroatoms. The van der Waals surface area contributed by atoms with E-state index in [2.05, 4.69) is 15.6 Å². The molecule has 2 unspecified atom stereocenters. The van der Waals surface area contributed by atoms with Gasteiger partial charge in [-0.1, -0.05) is 60.2 Å². The van der Waals surface area contributed by atoms with Gasteiger partial charge in [-0.3, -0.25) is 9.59 Å². The summed E-state index contributed by atoms with van der Waals surface area (Å²) >= 11 is 0.945. The van der Waals surface area contributed by atoms with Crippen molar-refractivity contribution < 1.29 is 24.3 Å². The average molecular weight is 465 g/mol. The van der Waals surface area contributed by atoms with Crippen molar-refractivity contribution in [2.24, 2.45) is 0 Å². The Morgan fingerprint density at radius 2 is 1.85 bits per heavy atom. The van der Waals surface area contributed by atoms with Gasteiger partial charge in [-0.25, -0.2) is 19.5 Å². The smallest absolute Gasteiger partial charge is 0.355 e. The molecule has 2 heterocycles. The Labute approximate surface area is 193 Å². The molecule has 3 aromatic rings. The van der Waals surface area contributed by atoms with Crippen LogP contribution in [0.4, 0.5) is 9.93 Å². The number of rotatable bonds is 7. The SMILES string of the molecule is Cc1ccc(C2NC(=O)N(C(Cc3ccccc3)C(=O)Nc3nc(C(=O)O)cs3)C2=O)cc1. The van der Waals surface area contributed by atoms with Gasteiger partial charge in [-0.05, 0) is 18.1 Å². The molecule has 2 atom stereocenters. The van der Waals surface area contributed by atoms with Crippen molar-refractivity contribution in [1.29, 1.82) is 0 Å². The lowest BCUT2D eigenvalue weighted by atomic mass is 10.0. The van der Waals surface area contributed by atoms with E-state index in [9.17, 15) is 19.2 Å². The molecule has 1 saturated heterocycles. The van der Waals surface area contributed by atoms with E-state index in [-0.39, 0.29) is 17.2 Å². The van der Waals surface area contributed by atoms with Crippen molar-refractivity contribution in [3.63, 3.8) is 0 Å². The van der Waals surface area contributed by atoms with Gasteiger partial charge in [0, 0.05) is 11.8 Å². The van der Waals surface area contributed by atoms with Crippen molar-refractivity contribution in [3.8, 4) is 0 Å². The molecule has 1 fully saturated rings. The van der Waals surface area contributed by atoms with Crippen LogP contribution in [0.15, 0.2) is 60.0 Å². The summed E-state index contributed by atoms with van der Waals surface area (Å²) in [5.41, 5.74) is 2.18. The molecular weight excluding hydrogens is 444 g/mol. The summed E-state index contributed by atoms with van der Waals surface area (Å²) in [5.74, 6) is -2.40. The number of carbonyl (C=O) groups is 4. The summed E-state index contributed by atoms with van der Waals surface area (Å²) in [7, 11) is 0. The molecule has 2 aromatic carbocycles. The molecule has 0 spiro atoms. The Bertz CT molecular complexity index is 1210. The number of aromatic carboxylic acids is 1. The number of carboxylic acid groups (broad SMARTS) is 1. The number of thiazole rings is 1. The van der Waals surface area contributed by atoms with E-state index in [0.29, 0.717) is 5.56 Å². The highest BCUT2D eigenvalue weighted by atomic mass is 32.1. The van der Waals surface area contributed by atoms with Gasteiger partial charge in [0.1, 0.15) is 12.1 Å². The van der Waals surface area contributed by atoms with Gasteiger partial charge < -0.3 is 15.7 Å². The van der Waals surface area contributed by atoms with Gasteiger partial charge in [0.05, 0.1) is 0 Å². The van der Waals surface area contributed by atoms with Gasteiger partial charge in [-0.15, -0.1) is 11.3 Å². The summed E-state index contributed by atoms with van der Waals surface area (Å²) in [6.07, 6.45) is 0.0869. The largest absolute Gasteiger partial charge is 0.476 e. The van der Waals surface area contributed by atoms with Crippen LogP contribution in [-0.4, -0.2) is 44.8 Å². The zero-order valence-electron chi connectivity index (χ0n) is 17.5. The molecule has 1 aliphatic rings. The average Bonchev–Trinajstić information content (AvgIpc) is 3.38. The quantitative estimate of drug-likeness (QED) is 0.461. The Kier molecular flexibility index (Phi) is 6.18. The zero-order valence-corrected chi connectivity index (χ0v) is 18.3. The number of hydrogen-bond donors (Lipinski definition) is 3. The molecule has 3 N–H and O–H groups in total. The highest BCUT2D eigenvalue weighted by Crippen LogP contribution is 2.26. The first-order chi connectivity index (χ1) is 15.8. The number of carbonyl (C=O) groups excluding carboxylic acids is 3. The number of anilines is 1. The van der Waals surface area contributed by atoms with E-state index in [1.54, 1.807) is 36.4 Å². The van der Waals surface area contributed by atoms with E-state index < -0.39 is 35.9 Å². The third kappa shape index (κ3) is 4.75. The molecular formula is C23H20N4O5S. The fraction of sp³-hybridized carbons (Fsp3) is 0.174. The van der Waals surface area contributed by atoms with Crippen molar-refractivity contribution in [2.45, 2.75) is 25.4 Å². The molecule has 9 nitrogen and oxygen atoms in total. The molecule has 4 rings (SSSR count). The van der Waals surface area contributed by atoms with Gasteiger partial charge >= 0.3 is 12.0 Å². The van der Waals surface area contributed by atoms with E-state index in [1.165, 1.54) is 5.38 Å². The van der Waals surface area contributed by atoms with E-state index >= 15 is 0 Å². The number of nitrogens with zero attached hydrogens (tertiary/aromatic N) is 2. The van der Waals surface area contributed by atoms with Crippen LogP contribution in [0.5, 0.6) is 0 Å². The van der Waals surface area contributed by atoms with Gasteiger partial charge in [0.25, 0.3) is 5.91 Å². The Morgan fingerprint density at radius 3 is 2.48 bits per heavy atom. The lowest BCUT2D eigenvalue weighted by molar-refractivity contribution is -0.134. The number of hydrogen-bond acceptors (Lipinski definition) is 6. The molecule has 1 aromatic heterocycles. The number of carboxylic acids is 1. The predicted molar refractivity (Wildman–Crippen MR) is 121 cm³/mol. The molecule has 0 aliphatic carbocycles. The van der Waals surface area contributed by atoms with Crippen LogP contribution < -0.4 is 10.6 Å². The minimum Gasteiger partial charge on any atom is -0.476 e. The number of imide groups is 1. The van der Waals surface area contributed by atoms with Crippen molar-refractivity contribution >= 4 is 40.3 Å². The molecule has 0 bridgehead atoms. The highest BCUT2D eigenvalue weighted by molar-refractivity contribution is 7.14. The van der Waals surface area contributed by atoms with Crippen molar-refractivity contribution in [2.75, 3.05) is 5.32 Å². The number of benzene rings is 2. The normalized spacial score (nSPS) is 16.4. The monoisotopic (exact) mass is 464 g/mol. The molecule has 33 heavy (non-hydrogen) atoms. The Hall–Kier alpha value is -4.05. The predicted octanol–water partition coefficient (Wildman–Crippen LogP) is 2.99. The third-order valence-corrected chi connectivity index (χ3v) is 5.98. The summed E-state index contributed by atoms with van der Waals surface area (Å²) in [6.45, 7) is 1.92. The minimum atomic E-state index is -1.22. The number of aromatic nitrogens is 1. The Balaban J connectivity index is 1.62. The van der Waals surface area contributed by atoms with Gasteiger partial charge in [0.2, 0.25) is 5.91 Å². The number of amides is 4. The van der Waals surface area contributed by atoms with Crippen LogP contribution in [0.2, 0.25) is 0 Å². The topological polar surface area (TPSA) is 129 Å². The second-order valence-electron chi connectivity index (χ2n) is 7.54. The first-order valence-electron chi connectivity index (χ1n) is 10.1. The van der Waals surface area contributed by atoms with Crippen LogP contribution in [0.25, 0.3) is 0 Å². The standard InChI is InChI=1S/C23H20N4O5S/c1-13-7-9-15(10-8-13)18-20(29)27(23(32)25-18)17(11-14-5-3-2-4-6-14)19(28)26-22-24-16(12-33-22)21(30)31/h2-10,12,17-18H,11H2,1H3,(H,25,32)(H,30,31)(H,24,26,28). The fourth-order valence-corrected chi connectivity index (χ4v) is 4.22. The first-order valence-corrected chi connectivity index (χ1v) is 10.9. The fourth-order valence-electron chi connectivity index (χ4n) is 3.53. The lowest BCUT2D eigenvalue weighted by Gasteiger charge is -2.24. The van der Waals surface area contributed by atoms with E-state index in [0.717, 1.165) is 27.4 Å². The summed E-state index contributed by atoms with van der Waals surface area (Å²) in [4.78, 5) is 55.2. The second-order valence-corrected chi connectivity index (χ2v) is 8.40. The van der Waals surface area contributed by atoms with Crippen LogP contribution in [0.3, 0.4) is 0 Å². The highest BCUT2D eigenvalue weighted by Gasteiger charge is 2.45. The maximum absolute atomic E-state index is 13.3. The molecule has 4 amide bonds. The van der Waals surface area contributed by atoms with Crippen LogP contribution in [0, 0.1) is 6.92 Å². The van der Waals surface area contributed by atoms with Crippen LogP contribution in [0.1, 0.15) is 33.2 Å². The molecule has 0 saturated carbocycles.